The van der Waals surface area contributed by atoms with Crippen molar-refractivity contribution in [1.29, 1.82) is 0 Å². The Morgan fingerprint density at radius 2 is 2.32 bits per heavy atom. The fourth-order valence-electron chi connectivity index (χ4n) is 2.89. The minimum Gasteiger partial charge on any atom is -0.384 e. The first kappa shape index (κ1) is 14.6. The molecule has 1 N–H and O–H groups in total. The van der Waals surface area contributed by atoms with Crippen molar-refractivity contribution in [1.82, 2.24) is 5.32 Å². The summed E-state index contributed by atoms with van der Waals surface area (Å²) in [6.45, 7) is 3.80. The van der Waals surface area contributed by atoms with Crippen molar-refractivity contribution in [3.05, 3.63) is 28.8 Å². The molecule has 106 valence electrons. The molecular weight excluding hydrogens is 260 g/mol. The summed E-state index contributed by atoms with van der Waals surface area (Å²) in [5.41, 5.74) is 2.47. The van der Waals surface area contributed by atoms with Gasteiger partial charge < -0.3 is 15.0 Å². The Labute approximate surface area is 120 Å². The summed E-state index contributed by atoms with van der Waals surface area (Å²) < 4.78 is 5.30. The fraction of sp³-hybridized carbons (Fsp3) is 0.600. The average Bonchev–Trinajstić information content (AvgIpc) is 2.40. The van der Waals surface area contributed by atoms with E-state index in [1.807, 2.05) is 19.2 Å². The molecule has 1 saturated heterocycles. The van der Waals surface area contributed by atoms with E-state index in [1.54, 1.807) is 7.11 Å². The minimum absolute atomic E-state index is 0.609. The Morgan fingerprint density at radius 1 is 1.47 bits per heavy atom. The van der Waals surface area contributed by atoms with E-state index in [2.05, 4.69) is 16.3 Å². The van der Waals surface area contributed by atoms with Crippen LogP contribution in [-0.4, -0.2) is 33.9 Å². The summed E-state index contributed by atoms with van der Waals surface area (Å²) in [6, 6.07) is 6.16. The zero-order valence-electron chi connectivity index (χ0n) is 11.8. The zero-order valence-corrected chi connectivity index (χ0v) is 12.5. The lowest BCUT2D eigenvalue weighted by Crippen LogP contribution is -2.38. The molecule has 1 aliphatic heterocycles. The third-order valence-electron chi connectivity index (χ3n) is 3.68. The lowest BCUT2D eigenvalue weighted by Gasteiger charge is -2.36. The minimum atomic E-state index is 0.609. The van der Waals surface area contributed by atoms with Crippen molar-refractivity contribution >= 4 is 17.3 Å². The van der Waals surface area contributed by atoms with E-state index in [0.29, 0.717) is 5.92 Å². The molecule has 1 unspecified atom stereocenters. The first-order chi connectivity index (χ1) is 9.26. The van der Waals surface area contributed by atoms with Crippen molar-refractivity contribution in [3.63, 3.8) is 0 Å². The SMILES string of the molecule is CNCc1cccc(Cl)c1N1CCCC(COC)C1. The van der Waals surface area contributed by atoms with Gasteiger partial charge in [-0.15, -0.1) is 0 Å². The monoisotopic (exact) mass is 282 g/mol. The first-order valence-corrected chi connectivity index (χ1v) is 7.30. The Morgan fingerprint density at radius 3 is 3.05 bits per heavy atom. The van der Waals surface area contributed by atoms with Crippen molar-refractivity contribution in [2.24, 2.45) is 5.92 Å². The van der Waals surface area contributed by atoms with Gasteiger partial charge in [0.15, 0.2) is 0 Å². The van der Waals surface area contributed by atoms with Gasteiger partial charge in [-0.1, -0.05) is 23.7 Å². The van der Waals surface area contributed by atoms with Crippen molar-refractivity contribution < 1.29 is 4.74 Å². The van der Waals surface area contributed by atoms with Crippen LogP contribution in [0.4, 0.5) is 5.69 Å². The van der Waals surface area contributed by atoms with Crippen molar-refractivity contribution in [2.75, 3.05) is 38.8 Å². The van der Waals surface area contributed by atoms with E-state index in [0.717, 1.165) is 31.3 Å². The third-order valence-corrected chi connectivity index (χ3v) is 3.98. The molecule has 1 fully saturated rings. The standard InChI is InChI=1S/C15H23ClN2O/c1-17-9-13-6-3-7-14(16)15(13)18-8-4-5-12(10-18)11-19-2/h3,6-7,12,17H,4-5,8-11H2,1-2H3. The van der Waals surface area contributed by atoms with Crippen LogP contribution in [0, 0.1) is 5.92 Å². The van der Waals surface area contributed by atoms with Crippen LogP contribution in [0.3, 0.4) is 0 Å². The molecule has 3 nitrogen and oxygen atoms in total. The molecule has 0 aliphatic carbocycles. The number of benzene rings is 1. The maximum Gasteiger partial charge on any atom is 0.0642 e. The molecule has 4 heteroatoms. The normalized spacial score (nSPS) is 19.7. The van der Waals surface area contributed by atoms with Gasteiger partial charge in [0.05, 0.1) is 17.3 Å². The number of para-hydroxylation sites is 1. The predicted octanol–water partition coefficient (Wildman–Crippen LogP) is 2.92. The highest BCUT2D eigenvalue weighted by Crippen LogP contribution is 2.33. The second kappa shape index (κ2) is 7.13. The highest BCUT2D eigenvalue weighted by atomic mass is 35.5. The summed E-state index contributed by atoms with van der Waals surface area (Å²) in [5, 5.41) is 4.07. The van der Waals surface area contributed by atoms with Gasteiger partial charge in [0.1, 0.15) is 0 Å². The zero-order chi connectivity index (χ0) is 13.7. The highest BCUT2D eigenvalue weighted by Gasteiger charge is 2.23. The second-order valence-electron chi connectivity index (χ2n) is 5.19. The largest absolute Gasteiger partial charge is 0.384 e. The van der Waals surface area contributed by atoms with E-state index in [9.17, 15) is 0 Å². The van der Waals surface area contributed by atoms with Crippen LogP contribution in [-0.2, 0) is 11.3 Å². The Balaban J connectivity index is 2.20. The number of rotatable bonds is 5. The maximum atomic E-state index is 6.42. The molecule has 1 atom stereocenters. The molecule has 0 saturated carbocycles. The number of anilines is 1. The molecule has 0 aromatic heterocycles. The Bertz CT molecular complexity index is 409. The van der Waals surface area contributed by atoms with Gasteiger partial charge in [0, 0.05) is 26.7 Å². The van der Waals surface area contributed by atoms with Crippen LogP contribution >= 0.6 is 11.6 Å². The molecular formula is C15H23ClN2O. The molecule has 0 bridgehead atoms. The Hall–Kier alpha value is -0.770. The van der Waals surface area contributed by atoms with Gasteiger partial charge in [-0.05, 0) is 37.4 Å². The Kier molecular flexibility index (Phi) is 5.49. The number of methoxy groups -OCH3 is 1. The molecule has 1 aliphatic rings. The molecule has 1 aromatic rings. The summed E-state index contributed by atoms with van der Waals surface area (Å²) in [4.78, 5) is 2.42. The number of nitrogens with one attached hydrogen (secondary N) is 1. The predicted molar refractivity (Wildman–Crippen MR) is 81.0 cm³/mol. The number of hydrogen-bond donors (Lipinski definition) is 1. The molecule has 19 heavy (non-hydrogen) atoms. The molecule has 0 amide bonds. The first-order valence-electron chi connectivity index (χ1n) is 6.92. The van der Waals surface area contributed by atoms with Crippen LogP contribution in [0.5, 0.6) is 0 Å². The summed E-state index contributed by atoms with van der Waals surface area (Å²) in [7, 11) is 3.75. The van der Waals surface area contributed by atoms with Crippen LogP contribution < -0.4 is 10.2 Å². The molecule has 1 heterocycles. The lowest BCUT2D eigenvalue weighted by atomic mass is 9.97. The van der Waals surface area contributed by atoms with E-state index < -0.39 is 0 Å². The number of ether oxygens (including phenoxy) is 1. The topological polar surface area (TPSA) is 24.5 Å². The quantitative estimate of drug-likeness (QED) is 0.899. The van der Waals surface area contributed by atoms with Crippen LogP contribution in [0.15, 0.2) is 18.2 Å². The molecule has 2 rings (SSSR count). The van der Waals surface area contributed by atoms with Crippen LogP contribution in [0.1, 0.15) is 18.4 Å². The number of piperidine rings is 1. The smallest absolute Gasteiger partial charge is 0.0642 e. The third kappa shape index (κ3) is 3.62. The molecule has 1 aromatic carbocycles. The van der Waals surface area contributed by atoms with Crippen LogP contribution in [0.25, 0.3) is 0 Å². The van der Waals surface area contributed by atoms with E-state index in [4.69, 9.17) is 16.3 Å². The lowest BCUT2D eigenvalue weighted by molar-refractivity contribution is 0.143. The van der Waals surface area contributed by atoms with Gasteiger partial charge in [0.25, 0.3) is 0 Å². The van der Waals surface area contributed by atoms with E-state index in [1.165, 1.54) is 24.1 Å². The van der Waals surface area contributed by atoms with Crippen molar-refractivity contribution in [2.45, 2.75) is 19.4 Å². The second-order valence-corrected chi connectivity index (χ2v) is 5.59. The van der Waals surface area contributed by atoms with Gasteiger partial charge in [-0.2, -0.15) is 0 Å². The highest BCUT2D eigenvalue weighted by molar-refractivity contribution is 6.33. The summed E-state index contributed by atoms with van der Waals surface area (Å²) in [5.74, 6) is 0.609. The van der Waals surface area contributed by atoms with Crippen LogP contribution in [0.2, 0.25) is 5.02 Å². The van der Waals surface area contributed by atoms with Gasteiger partial charge >= 0.3 is 0 Å². The van der Waals surface area contributed by atoms with Gasteiger partial charge in [-0.3, -0.25) is 0 Å². The number of hydrogen-bond acceptors (Lipinski definition) is 3. The number of halogens is 1. The van der Waals surface area contributed by atoms with E-state index in [-0.39, 0.29) is 0 Å². The molecule has 0 spiro atoms. The summed E-state index contributed by atoms with van der Waals surface area (Å²) in [6.07, 6.45) is 2.45. The van der Waals surface area contributed by atoms with Crippen molar-refractivity contribution in [3.8, 4) is 0 Å². The van der Waals surface area contributed by atoms with Gasteiger partial charge in [0.2, 0.25) is 0 Å². The van der Waals surface area contributed by atoms with E-state index >= 15 is 0 Å². The summed E-state index contributed by atoms with van der Waals surface area (Å²) >= 11 is 6.42. The number of nitrogens with zero attached hydrogens (tertiary/aromatic N) is 1. The van der Waals surface area contributed by atoms with Gasteiger partial charge in [-0.25, -0.2) is 0 Å². The molecule has 0 radical (unpaired) electrons. The maximum absolute atomic E-state index is 6.42. The average molecular weight is 283 g/mol. The fourth-order valence-corrected chi connectivity index (χ4v) is 3.20.